The topological polar surface area (TPSA) is 186 Å². The van der Waals surface area contributed by atoms with E-state index in [4.69, 9.17) is 5.11 Å². The highest BCUT2D eigenvalue weighted by Crippen LogP contribution is 2.23. The minimum absolute atomic E-state index is 0. The SMILES string of the molecule is C.CC(C)C(=O)Nc1ccc(C(=O)NN2CCC(=O)N3CCCC(C(=O)NCC=O)N3C2=O)cc1.CCC(=O)O. The van der Waals surface area contributed by atoms with Gasteiger partial charge in [-0.25, -0.2) is 19.8 Å². The first-order chi connectivity index (χ1) is 18.5. The number of carboxylic acids is 1. The summed E-state index contributed by atoms with van der Waals surface area (Å²) in [4.78, 5) is 83.0. The van der Waals surface area contributed by atoms with Crippen molar-refractivity contribution < 1.29 is 38.7 Å². The molecule has 6 amide bonds. The second-order valence-electron chi connectivity index (χ2n) is 9.03. The number of fused-ring (bicyclic) bond motifs is 1. The van der Waals surface area contributed by atoms with Gasteiger partial charge in [0.15, 0.2) is 0 Å². The summed E-state index contributed by atoms with van der Waals surface area (Å²) in [5.74, 6) is -2.58. The summed E-state index contributed by atoms with van der Waals surface area (Å²) in [5.41, 5.74) is 3.27. The maximum atomic E-state index is 13.3. The number of hydrogen-bond donors (Lipinski definition) is 4. The Bertz CT molecular complexity index is 1090. The number of carbonyl (C=O) groups excluding carboxylic acids is 6. The van der Waals surface area contributed by atoms with Gasteiger partial charge in [0.25, 0.3) is 5.91 Å². The van der Waals surface area contributed by atoms with Gasteiger partial charge in [0.2, 0.25) is 17.7 Å². The first kappa shape index (κ1) is 33.5. The molecule has 2 saturated heterocycles. The molecule has 2 aliphatic rings. The molecule has 3 rings (SSSR count). The summed E-state index contributed by atoms with van der Waals surface area (Å²) >= 11 is 0. The molecule has 1 atom stereocenters. The number of carbonyl (C=O) groups is 7. The summed E-state index contributed by atoms with van der Waals surface area (Å²) in [7, 11) is 0. The number of hydrogen-bond acceptors (Lipinski definition) is 7. The Morgan fingerprint density at radius 2 is 1.73 bits per heavy atom. The molecule has 14 heteroatoms. The largest absolute Gasteiger partial charge is 0.481 e. The molecule has 220 valence electrons. The highest BCUT2D eigenvalue weighted by Gasteiger charge is 2.43. The van der Waals surface area contributed by atoms with E-state index in [2.05, 4.69) is 16.1 Å². The molecule has 1 aromatic carbocycles. The van der Waals surface area contributed by atoms with Crippen molar-refractivity contribution in [2.75, 3.05) is 25.0 Å². The van der Waals surface area contributed by atoms with Crippen molar-refractivity contribution in [3.8, 4) is 0 Å². The quantitative estimate of drug-likeness (QED) is 0.342. The Balaban J connectivity index is 0.00000122. The summed E-state index contributed by atoms with van der Waals surface area (Å²) in [6.45, 7) is 5.12. The number of nitrogens with one attached hydrogen (secondary N) is 3. The fourth-order valence-corrected chi connectivity index (χ4v) is 3.65. The number of benzene rings is 1. The van der Waals surface area contributed by atoms with Crippen LogP contribution in [0.2, 0.25) is 0 Å². The van der Waals surface area contributed by atoms with Crippen LogP contribution in [0.5, 0.6) is 0 Å². The average Bonchev–Trinajstić information content (AvgIpc) is 3.04. The molecule has 0 radical (unpaired) electrons. The van der Waals surface area contributed by atoms with Gasteiger partial charge in [-0.1, -0.05) is 28.2 Å². The minimum atomic E-state index is -0.980. The zero-order chi connectivity index (χ0) is 29.1. The van der Waals surface area contributed by atoms with Gasteiger partial charge in [-0.3, -0.25) is 29.4 Å². The molecular weight excluding hydrogens is 524 g/mol. The zero-order valence-corrected chi connectivity index (χ0v) is 22.1. The Kier molecular flexibility index (Phi) is 13.3. The molecule has 2 aliphatic heterocycles. The van der Waals surface area contributed by atoms with Gasteiger partial charge in [-0.2, -0.15) is 0 Å². The summed E-state index contributed by atoms with van der Waals surface area (Å²) in [6, 6.07) is 4.45. The normalized spacial score (nSPS) is 16.4. The van der Waals surface area contributed by atoms with Crippen LogP contribution >= 0.6 is 0 Å². The molecule has 0 aliphatic carbocycles. The van der Waals surface area contributed by atoms with E-state index in [1.807, 2.05) is 0 Å². The summed E-state index contributed by atoms with van der Waals surface area (Å²) < 4.78 is 0. The fourth-order valence-electron chi connectivity index (χ4n) is 3.65. The van der Waals surface area contributed by atoms with Crippen LogP contribution in [0, 0.1) is 5.92 Å². The van der Waals surface area contributed by atoms with Crippen molar-refractivity contribution >= 4 is 47.6 Å². The van der Waals surface area contributed by atoms with E-state index in [0.29, 0.717) is 24.8 Å². The lowest BCUT2D eigenvalue weighted by atomic mass is 10.1. The molecule has 1 unspecified atom stereocenters. The van der Waals surface area contributed by atoms with E-state index in [1.165, 1.54) is 17.1 Å². The van der Waals surface area contributed by atoms with E-state index in [-0.39, 0.29) is 63.2 Å². The molecule has 0 spiro atoms. The highest BCUT2D eigenvalue weighted by molar-refractivity contribution is 5.98. The zero-order valence-electron chi connectivity index (χ0n) is 22.1. The predicted molar refractivity (Wildman–Crippen MR) is 144 cm³/mol. The van der Waals surface area contributed by atoms with Gasteiger partial charge in [-0.15, -0.1) is 0 Å². The van der Waals surface area contributed by atoms with Crippen LogP contribution < -0.4 is 16.1 Å². The molecule has 1 aromatic rings. The number of aldehydes is 1. The van der Waals surface area contributed by atoms with E-state index in [0.717, 1.165) is 10.0 Å². The molecule has 14 nitrogen and oxygen atoms in total. The van der Waals surface area contributed by atoms with Gasteiger partial charge in [-0.05, 0) is 37.1 Å². The smallest absolute Gasteiger partial charge is 0.358 e. The first-order valence-electron chi connectivity index (χ1n) is 12.6. The molecule has 0 saturated carbocycles. The maximum absolute atomic E-state index is 13.3. The molecule has 0 bridgehead atoms. The highest BCUT2D eigenvalue weighted by atomic mass is 16.4. The summed E-state index contributed by atoms with van der Waals surface area (Å²) in [6.07, 6.45) is 1.54. The van der Waals surface area contributed by atoms with Crippen molar-refractivity contribution in [1.29, 1.82) is 0 Å². The number of rotatable bonds is 8. The van der Waals surface area contributed by atoms with E-state index in [1.54, 1.807) is 32.9 Å². The predicted octanol–water partition coefficient (Wildman–Crippen LogP) is 1.39. The van der Waals surface area contributed by atoms with Gasteiger partial charge < -0.3 is 20.5 Å². The number of anilines is 1. The molecular formula is C26H38N6O8. The average molecular weight is 563 g/mol. The number of carboxylic acid groups (broad SMARTS) is 1. The number of urea groups is 1. The van der Waals surface area contributed by atoms with Gasteiger partial charge in [0.1, 0.15) is 12.3 Å². The van der Waals surface area contributed by atoms with Crippen molar-refractivity contribution in [3.63, 3.8) is 0 Å². The van der Waals surface area contributed by atoms with Crippen LogP contribution in [0.4, 0.5) is 10.5 Å². The molecule has 2 fully saturated rings. The standard InChI is InChI=1S/C22H28N6O6.C3H6O2.CH4/c1-14(2)19(31)24-16-7-5-15(6-8-16)20(32)25-26-12-9-18(30)27-11-3-4-17(28(27)22(26)34)21(33)23-10-13-29;1-2-3(4)5;/h5-8,13-14,17H,3-4,9-12H2,1-2H3,(H,23,33)(H,24,31)(H,25,32);2H2,1H3,(H,4,5);1H4. The van der Waals surface area contributed by atoms with Crippen molar-refractivity contribution in [2.45, 2.75) is 59.9 Å². The Morgan fingerprint density at radius 3 is 2.27 bits per heavy atom. The minimum Gasteiger partial charge on any atom is -0.481 e. The first-order valence-corrected chi connectivity index (χ1v) is 12.6. The number of aliphatic carboxylic acids is 1. The van der Waals surface area contributed by atoms with Crippen LogP contribution in [0.1, 0.15) is 64.2 Å². The third-order valence-electron chi connectivity index (χ3n) is 5.81. The van der Waals surface area contributed by atoms with Gasteiger partial charge in [0, 0.05) is 36.6 Å². The van der Waals surface area contributed by atoms with E-state index >= 15 is 0 Å². The lowest BCUT2D eigenvalue weighted by molar-refractivity contribution is -0.155. The van der Waals surface area contributed by atoms with Gasteiger partial charge >= 0.3 is 12.0 Å². The number of amides is 6. The van der Waals surface area contributed by atoms with Crippen LogP contribution in [0.25, 0.3) is 0 Å². The fraction of sp³-hybridized carbons (Fsp3) is 0.500. The van der Waals surface area contributed by atoms with Gasteiger partial charge in [0.05, 0.1) is 13.1 Å². The lowest BCUT2D eigenvalue weighted by Crippen LogP contribution is -2.64. The number of nitrogens with zero attached hydrogens (tertiary/aromatic N) is 3. The Hall–Kier alpha value is -4.49. The third-order valence-corrected chi connectivity index (χ3v) is 5.81. The molecule has 0 aromatic heterocycles. The van der Waals surface area contributed by atoms with Crippen LogP contribution in [0.15, 0.2) is 24.3 Å². The summed E-state index contributed by atoms with van der Waals surface area (Å²) in [5, 5.41) is 16.2. The van der Waals surface area contributed by atoms with E-state index < -0.39 is 29.9 Å². The molecule has 4 N–H and O–H groups in total. The van der Waals surface area contributed by atoms with Crippen molar-refractivity contribution in [2.24, 2.45) is 5.92 Å². The van der Waals surface area contributed by atoms with Crippen LogP contribution in [0.3, 0.4) is 0 Å². The van der Waals surface area contributed by atoms with Crippen LogP contribution in [-0.2, 0) is 24.0 Å². The maximum Gasteiger partial charge on any atom is 0.358 e. The Morgan fingerprint density at radius 1 is 1.10 bits per heavy atom. The third kappa shape index (κ3) is 9.06. The van der Waals surface area contributed by atoms with E-state index in [9.17, 15) is 33.6 Å². The monoisotopic (exact) mass is 562 g/mol. The molecule has 40 heavy (non-hydrogen) atoms. The Labute approximate surface area is 233 Å². The lowest BCUT2D eigenvalue weighted by Gasteiger charge is -2.42. The van der Waals surface area contributed by atoms with Crippen LogP contribution in [-0.4, -0.2) is 87.7 Å². The number of hydrazine groups is 2. The van der Waals surface area contributed by atoms with Crippen molar-refractivity contribution in [3.05, 3.63) is 29.8 Å². The second kappa shape index (κ2) is 15.8. The second-order valence-corrected chi connectivity index (χ2v) is 9.03. The van der Waals surface area contributed by atoms with Crippen molar-refractivity contribution in [1.82, 2.24) is 25.8 Å². The molecule has 2 heterocycles.